The van der Waals surface area contributed by atoms with Crippen LogP contribution in [0.3, 0.4) is 0 Å². The quantitative estimate of drug-likeness (QED) is 0.472. The van der Waals surface area contributed by atoms with E-state index in [4.69, 9.17) is 32.7 Å². The third-order valence-electron chi connectivity index (χ3n) is 3.09. The minimum Gasteiger partial charge on any atom is -0.494 e. The lowest BCUT2D eigenvalue weighted by atomic mass is 10.2. The van der Waals surface area contributed by atoms with Crippen LogP contribution in [-0.4, -0.2) is 19.4 Å². The van der Waals surface area contributed by atoms with E-state index in [0.29, 0.717) is 13.2 Å². The highest BCUT2D eigenvalue weighted by Gasteiger charge is 2.10. The summed E-state index contributed by atoms with van der Waals surface area (Å²) in [7, 11) is 0. The van der Waals surface area contributed by atoms with Crippen molar-refractivity contribution in [3.63, 3.8) is 0 Å². The Morgan fingerprint density at radius 1 is 0.957 bits per heavy atom. The lowest BCUT2D eigenvalue weighted by Crippen LogP contribution is -1.93. The highest BCUT2D eigenvalue weighted by Crippen LogP contribution is 2.35. The molecule has 0 bridgehead atoms. The molecule has 23 heavy (non-hydrogen) atoms. The number of ether oxygens (including phenoxy) is 2. The molecule has 0 aliphatic heterocycles. The summed E-state index contributed by atoms with van der Waals surface area (Å²) in [6.07, 6.45) is 1.77. The van der Waals surface area contributed by atoms with E-state index in [9.17, 15) is 0 Å². The highest BCUT2D eigenvalue weighted by atomic mass is 35.5. The number of halogens is 2. The Bertz CT molecular complexity index is 655. The van der Waals surface area contributed by atoms with Gasteiger partial charge in [-0.05, 0) is 61.9 Å². The van der Waals surface area contributed by atoms with Crippen LogP contribution < -0.4 is 9.47 Å². The molecule has 0 aromatic heterocycles. The molecule has 2 rings (SSSR count). The molecule has 0 radical (unpaired) electrons. The van der Waals surface area contributed by atoms with Crippen LogP contribution in [0.25, 0.3) is 0 Å². The van der Waals surface area contributed by atoms with Crippen molar-refractivity contribution in [1.82, 2.24) is 0 Å². The topological polar surface area (TPSA) is 30.8 Å². The zero-order valence-corrected chi connectivity index (χ0v) is 14.6. The Morgan fingerprint density at radius 2 is 1.57 bits per heavy atom. The summed E-state index contributed by atoms with van der Waals surface area (Å²) in [5, 5.41) is 0. The lowest BCUT2D eigenvalue weighted by Gasteiger charge is -2.10. The molecule has 2 aromatic rings. The van der Waals surface area contributed by atoms with E-state index < -0.39 is 4.84 Å². The number of hydrogen-bond donors (Lipinski definition) is 0. The van der Waals surface area contributed by atoms with Crippen molar-refractivity contribution in [2.24, 2.45) is 4.99 Å². The van der Waals surface area contributed by atoms with Crippen LogP contribution in [0.4, 0.5) is 5.69 Å². The third kappa shape index (κ3) is 5.15. The SMILES string of the molecule is CCOc1ccc(/C=N\c2ccc(OCC)cc2C(Cl)Cl)cc1. The second-order valence-corrected chi connectivity index (χ2v) is 5.81. The number of benzene rings is 2. The van der Waals surface area contributed by atoms with Crippen LogP contribution in [0.5, 0.6) is 11.5 Å². The fraction of sp³-hybridized carbons (Fsp3) is 0.278. The van der Waals surface area contributed by atoms with E-state index in [2.05, 4.69) is 4.99 Å². The first-order valence-electron chi connectivity index (χ1n) is 7.45. The second kappa shape index (κ2) is 8.80. The molecular formula is C18H19Cl2NO2. The summed E-state index contributed by atoms with van der Waals surface area (Å²) in [5.74, 6) is 1.57. The molecular weight excluding hydrogens is 333 g/mol. The average Bonchev–Trinajstić information content (AvgIpc) is 2.55. The van der Waals surface area contributed by atoms with Gasteiger partial charge in [0.25, 0.3) is 0 Å². The van der Waals surface area contributed by atoms with Gasteiger partial charge < -0.3 is 9.47 Å². The van der Waals surface area contributed by atoms with Crippen molar-refractivity contribution in [2.45, 2.75) is 18.7 Å². The zero-order valence-electron chi connectivity index (χ0n) is 13.1. The van der Waals surface area contributed by atoms with Crippen LogP contribution in [-0.2, 0) is 0 Å². The predicted octanol–water partition coefficient (Wildman–Crippen LogP) is 5.71. The van der Waals surface area contributed by atoms with Crippen LogP contribution in [0.15, 0.2) is 47.5 Å². The van der Waals surface area contributed by atoms with Gasteiger partial charge in [-0.25, -0.2) is 0 Å². The minimum atomic E-state index is -0.664. The molecule has 0 saturated heterocycles. The van der Waals surface area contributed by atoms with Crippen molar-refractivity contribution in [3.05, 3.63) is 53.6 Å². The summed E-state index contributed by atoms with van der Waals surface area (Å²) >= 11 is 12.1. The van der Waals surface area contributed by atoms with Crippen LogP contribution in [0, 0.1) is 0 Å². The summed E-state index contributed by atoms with van der Waals surface area (Å²) in [5.41, 5.74) is 2.41. The van der Waals surface area contributed by atoms with Crippen molar-refractivity contribution >= 4 is 35.1 Å². The van der Waals surface area contributed by atoms with Crippen molar-refractivity contribution < 1.29 is 9.47 Å². The fourth-order valence-corrected chi connectivity index (χ4v) is 2.39. The van der Waals surface area contributed by atoms with E-state index in [0.717, 1.165) is 28.3 Å². The summed E-state index contributed by atoms with van der Waals surface area (Å²) in [6, 6.07) is 13.2. The predicted molar refractivity (Wildman–Crippen MR) is 96.9 cm³/mol. The smallest absolute Gasteiger partial charge is 0.135 e. The van der Waals surface area contributed by atoms with Crippen LogP contribution >= 0.6 is 23.2 Å². The molecule has 0 atom stereocenters. The Morgan fingerprint density at radius 3 is 2.17 bits per heavy atom. The molecule has 2 aromatic carbocycles. The molecule has 0 N–H and O–H groups in total. The standard InChI is InChI=1S/C18H19Cl2NO2/c1-3-22-14-7-5-13(6-8-14)12-21-17-10-9-15(23-4-2)11-16(17)18(19)20/h5-12,18H,3-4H2,1-2H3/b21-12-. The number of alkyl halides is 2. The van der Waals surface area contributed by atoms with Crippen LogP contribution in [0.1, 0.15) is 29.8 Å². The number of hydrogen-bond acceptors (Lipinski definition) is 3. The zero-order chi connectivity index (χ0) is 16.7. The number of aliphatic imine (C=N–C) groups is 1. The van der Waals surface area contributed by atoms with E-state index in [1.54, 1.807) is 6.21 Å². The molecule has 0 amide bonds. The van der Waals surface area contributed by atoms with Gasteiger partial charge in [-0.2, -0.15) is 0 Å². The molecule has 0 fully saturated rings. The van der Waals surface area contributed by atoms with E-state index in [1.807, 2.05) is 56.3 Å². The lowest BCUT2D eigenvalue weighted by molar-refractivity contribution is 0.340. The van der Waals surface area contributed by atoms with Gasteiger partial charge in [0.2, 0.25) is 0 Å². The third-order valence-corrected chi connectivity index (χ3v) is 3.56. The van der Waals surface area contributed by atoms with Gasteiger partial charge in [0.05, 0.1) is 18.9 Å². The Balaban J connectivity index is 2.20. The minimum absolute atomic E-state index is 0.587. The largest absolute Gasteiger partial charge is 0.494 e. The summed E-state index contributed by atoms with van der Waals surface area (Å²) < 4.78 is 10.9. The van der Waals surface area contributed by atoms with E-state index >= 15 is 0 Å². The van der Waals surface area contributed by atoms with E-state index in [-0.39, 0.29) is 0 Å². The first-order valence-corrected chi connectivity index (χ1v) is 8.33. The van der Waals surface area contributed by atoms with Crippen LogP contribution in [0.2, 0.25) is 0 Å². The molecule has 3 nitrogen and oxygen atoms in total. The molecule has 0 saturated carbocycles. The van der Waals surface area contributed by atoms with Gasteiger partial charge in [-0.15, -0.1) is 0 Å². The first kappa shape index (κ1) is 17.6. The Labute approximate surface area is 146 Å². The van der Waals surface area contributed by atoms with Gasteiger partial charge >= 0.3 is 0 Å². The Kier molecular flexibility index (Phi) is 6.75. The Hall–Kier alpha value is -1.71. The molecule has 5 heteroatoms. The van der Waals surface area contributed by atoms with Gasteiger partial charge in [0, 0.05) is 11.8 Å². The first-order chi connectivity index (χ1) is 11.1. The fourth-order valence-electron chi connectivity index (χ4n) is 2.04. The summed E-state index contributed by atoms with van der Waals surface area (Å²) in [4.78, 5) is 3.82. The molecule has 0 aliphatic carbocycles. The molecule has 0 unspecified atom stereocenters. The highest BCUT2D eigenvalue weighted by molar-refractivity contribution is 6.44. The van der Waals surface area contributed by atoms with Gasteiger partial charge in [0.1, 0.15) is 16.3 Å². The normalized spacial score (nSPS) is 11.2. The molecule has 0 heterocycles. The molecule has 0 spiro atoms. The summed E-state index contributed by atoms with van der Waals surface area (Å²) in [6.45, 7) is 5.12. The van der Waals surface area contributed by atoms with Crippen molar-refractivity contribution in [3.8, 4) is 11.5 Å². The number of nitrogens with zero attached hydrogens (tertiary/aromatic N) is 1. The molecule has 122 valence electrons. The van der Waals surface area contributed by atoms with Gasteiger partial charge in [-0.3, -0.25) is 4.99 Å². The number of rotatable bonds is 7. The van der Waals surface area contributed by atoms with Crippen molar-refractivity contribution in [1.29, 1.82) is 0 Å². The second-order valence-electron chi connectivity index (χ2n) is 4.71. The molecule has 0 aliphatic rings. The average molecular weight is 352 g/mol. The maximum absolute atomic E-state index is 6.04. The maximum atomic E-state index is 6.04. The van der Waals surface area contributed by atoms with Gasteiger partial charge in [-0.1, -0.05) is 23.2 Å². The monoisotopic (exact) mass is 351 g/mol. The van der Waals surface area contributed by atoms with E-state index in [1.165, 1.54) is 0 Å². The maximum Gasteiger partial charge on any atom is 0.135 e. The van der Waals surface area contributed by atoms with Crippen molar-refractivity contribution in [2.75, 3.05) is 13.2 Å². The van der Waals surface area contributed by atoms with Gasteiger partial charge in [0.15, 0.2) is 0 Å².